The Bertz CT molecular complexity index is 1980. The van der Waals surface area contributed by atoms with Crippen LogP contribution in [0.4, 0.5) is 0 Å². The van der Waals surface area contributed by atoms with Crippen LogP contribution in [0.1, 0.15) is 36.5 Å². The number of carboxylic acid groups (broad SMARTS) is 1. The molecule has 1 saturated heterocycles. The summed E-state index contributed by atoms with van der Waals surface area (Å²) in [6.45, 7) is 2.72. The van der Waals surface area contributed by atoms with Crippen molar-refractivity contribution in [3.63, 3.8) is 0 Å². The van der Waals surface area contributed by atoms with Crippen LogP contribution in [0.5, 0.6) is 17.2 Å². The minimum Gasteiger partial charge on any atom is -0.508 e. The van der Waals surface area contributed by atoms with Crippen molar-refractivity contribution in [3.05, 3.63) is 107 Å². The highest BCUT2D eigenvalue weighted by Gasteiger charge is 2.58. The van der Waals surface area contributed by atoms with Gasteiger partial charge in [0.2, 0.25) is 12.4 Å². The van der Waals surface area contributed by atoms with E-state index in [0.29, 0.717) is 25.1 Å². The maximum atomic E-state index is 12.5. The molecule has 0 aromatic heterocycles. The molecule has 3 heterocycles. The number of allylic oxidation sites excluding steroid dienone is 2. The van der Waals surface area contributed by atoms with Gasteiger partial charge in [0.1, 0.15) is 35.2 Å². The lowest BCUT2D eigenvalue weighted by molar-refractivity contribution is -0.311. The van der Waals surface area contributed by atoms with Crippen LogP contribution in [-0.4, -0.2) is 105 Å². The largest absolute Gasteiger partial charge is 0.508 e. The van der Waals surface area contributed by atoms with Crippen molar-refractivity contribution >= 4 is 35.5 Å². The first-order chi connectivity index (χ1) is 26.4. The van der Waals surface area contributed by atoms with Crippen LogP contribution in [0.2, 0.25) is 0 Å². The number of hydrogen-bond acceptors (Lipinski definition) is 12. The summed E-state index contributed by atoms with van der Waals surface area (Å²) in [5.41, 5.74) is 6.04. The van der Waals surface area contributed by atoms with Crippen LogP contribution >= 0.6 is 0 Å². The summed E-state index contributed by atoms with van der Waals surface area (Å²) < 4.78 is 17.5. The van der Waals surface area contributed by atoms with E-state index in [1.165, 1.54) is 42.5 Å². The number of primary amides is 1. The van der Waals surface area contributed by atoms with Gasteiger partial charge in [0, 0.05) is 18.8 Å². The number of benzene rings is 3. The van der Waals surface area contributed by atoms with Crippen LogP contribution in [0.3, 0.4) is 0 Å². The van der Waals surface area contributed by atoms with Crippen LogP contribution in [0, 0.1) is 11.8 Å². The molecule has 0 saturated carbocycles. The number of phenolic OH excluding ortho intramolecular Hbond substituents is 1. The number of nitrogens with zero attached hydrogens (tertiary/aromatic N) is 1. The third-order valence-electron chi connectivity index (χ3n) is 10.2. The highest BCUT2D eigenvalue weighted by Crippen LogP contribution is 2.42. The SMILES string of the molecule is C[C@H](C/C=C\c1ccccc1)[C@H](CNC[C@]1(O)[C@H](Oc2ccc3c(c2)OC(C(N)=O)C(c2ccc(O)cc2)=C3O)O[C@H](C(=O)O)[C@@H](O)[C@@H]1O)CC1=CCN=C1. The first kappa shape index (κ1) is 39.2. The molecule has 14 heteroatoms. The lowest BCUT2D eigenvalue weighted by Gasteiger charge is -2.47. The Balaban J connectivity index is 1.22. The standard InChI is InChI=1S/C41H45N3O11/c1-23(6-5-9-24-7-3-2-4-8-24)27(18-25-16-17-43-20-25)21-44-22-41(52)37(48)34(47)36(39(50)51)55-40(41)53-29-14-15-30-31(19-29)54-35(38(42)49)32(33(30)46)26-10-12-28(45)13-11-26/h2-5,7-16,19-20,23,27,34-37,40,44-48,52H,6,17-18,21-22H2,1H3,(H2,42,49)(H,50,51)/b9-5-/t23-,27+,34-,35?,36+,37+,40-,41-/m1/s1. The third kappa shape index (κ3) is 8.74. The van der Waals surface area contributed by atoms with Gasteiger partial charge in [-0.15, -0.1) is 0 Å². The van der Waals surface area contributed by atoms with Gasteiger partial charge < -0.3 is 55.9 Å². The molecule has 8 atom stereocenters. The van der Waals surface area contributed by atoms with Gasteiger partial charge in [-0.3, -0.25) is 9.79 Å². The van der Waals surface area contributed by atoms with E-state index in [2.05, 4.69) is 35.5 Å². The van der Waals surface area contributed by atoms with Crippen molar-refractivity contribution < 1.29 is 54.4 Å². The summed E-state index contributed by atoms with van der Waals surface area (Å²) in [5, 5.41) is 68.0. The lowest BCUT2D eigenvalue weighted by atomic mass is 9.84. The maximum Gasteiger partial charge on any atom is 0.335 e. The Morgan fingerprint density at radius 1 is 1.09 bits per heavy atom. The fourth-order valence-electron chi connectivity index (χ4n) is 6.97. The van der Waals surface area contributed by atoms with Crippen LogP contribution in [-0.2, 0) is 14.3 Å². The number of aromatic hydroxyl groups is 1. The Hall–Kier alpha value is -5.51. The molecular weight excluding hydrogens is 710 g/mol. The van der Waals surface area contributed by atoms with Gasteiger partial charge in [0.15, 0.2) is 11.7 Å². The van der Waals surface area contributed by atoms with Gasteiger partial charge in [-0.05, 0) is 72.2 Å². The smallest absolute Gasteiger partial charge is 0.335 e. The first-order valence-electron chi connectivity index (χ1n) is 17.9. The van der Waals surface area contributed by atoms with Gasteiger partial charge >= 0.3 is 5.97 Å². The molecular formula is C41H45N3O11. The molecule has 290 valence electrons. The Labute approximate surface area is 317 Å². The van der Waals surface area contributed by atoms with E-state index in [4.69, 9.17) is 19.9 Å². The number of phenols is 1. The topological polar surface area (TPSA) is 234 Å². The molecule has 0 radical (unpaired) electrons. The van der Waals surface area contributed by atoms with Crippen molar-refractivity contribution in [3.8, 4) is 17.2 Å². The second-order valence-corrected chi connectivity index (χ2v) is 14.0. The average Bonchev–Trinajstić information content (AvgIpc) is 3.68. The normalized spacial score (nSPS) is 25.9. The number of carboxylic acids is 1. The molecule has 3 aliphatic rings. The molecule has 1 unspecified atom stereocenters. The lowest BCUT2D eigenvalue weighted by Crippen LogP contribution is -2.71. The Kier molecular flexibility index (Phi) is 12.0. The number of carbonyl (C=O) groups excluding carboxylic acids is 1. The number of ether oxygens (including phenoxy) is 3. The fourth-order valence-corrected chi connectivity index (χ4v) is 6.97. The molecule has 9 N–H and O–H groups in total. The van der Waals surface area contributed by atoms with E-state index >= 15 is 0 Å². The molecule has 3 aliphatic heterocycles. The van der Waals surface area contributed by atoms with Crippen molar-refractivity contribution in [1.29, 1.82) is 0 Å². The Morgan fingerprint density at radius 3 is 2.51 bits per heavy atom. The first-order valence-corrected chi connectivity index (χ1v) is 17.9. The molecule has 0 spiro atoms. The monoisotopic (exact) mass is 755 g/mol. The molecule has 3 aromatic carbocycles. The number of rotatable bonds is 15. The molecule has 14 nitrogen and oxygen atoms in total. The average molecular weight is 756 g/mol. The number of amides is 1. The zero-order chi connectivity index (χ0) is 39.3. The summed E-state index contributed by atoms with van der Waals surface area (Å²) in [6.07, 6.45) is 0.246. The zero-order valence-electron chi connectivity index (χ0n) is 30.1. The van der Waals surface area contributed by atoms with Gasteiger partial charge in [0.25, 0.3) is 5.91 Å². The maximum absolute atomic E-state index is 12.5. The van der Waals surface area contributed by atoms with E-state index in [0.717, 1.165) is 17.6 Å². The Morgan fingerprint density at radius 2 is 1.84 bits per heavy atom. The number of fused-ring (bicyclic) bond motifs is 1. The van der Waals surface area contributed by atoms with Gasteiger partial charge in [-0.1, -0.05) is 67.6 Å². The van der Waals surface area contributed by atoms with E-state index in [-0.39, 0.29) is 52.5 Å². The molecule has 6 rings (SSSR count). The number of carbonyl (C=O) groups is 2. The summed E-state index contributed by atoms with van der Waals surface area (Å²) in [6, 6.07) is 19.8. The zero-order valence-corrected chi connectivity index (χ0v) is 30.1. The van der Waals surface area contributed by atoms with Gasteiger partial charge in [0.05, 0.1) is 17.7 Å². The second-order valence-electron chi connectivity index (χ2n) is 14.0. The number of aliphatic imine (C=N–C) groups is 1. The van der Waals surface area contributed by atoms with Gasteiger partial charge in [-0.2, -0.15) is 0 Å². The predicted octanol–water partition coefficient (Wildman–Crippen LogP) is 3.05. The molecule has 55 heavy (non-hydrogen) atoms. The minimum absolute atomic E-state index is 0.0284. The van der Waals surface area contributed by atoms with Gasteiger partial charge in [-0.25, -0.2) is 4.79 Å². The van der Waals surface area contributed by atoms with E-state index in [1.54, 1.807) is 0 Å². The number of nitrogens with one attached hydrogen (secondary N) is 1. The molecule has 0 aliphatic carbocycles. The predicted molar refractivity (Wildman–Crippen MR) is 203 cm³/mol. The van der Waals surface area contributed by atoms with Crippen molar-refractivity contribution in [1.82, 2.24) is 5.32 Å². The number of aliphatic hydroxyl groups is 4. The van der Waals surface area contributed by atoms with E-state index in [1.807, 2.05) is 36.5 Å². The molecule has 1 amide bonds. The number of aliphatic hydroxyl groups excluding tert-OH is 3. The van der Waals surface area contributed by atoms with E-state index < -0.39 is 48.2 Å². The molecule has 3 aromatic rings. The second kappa shape index (κ2) is 16.9. The van der Waals surface area contributed by atoms with Crippen molar-refractivity contribution in [2.75, 3.05) is 19.6 Å². The summed E-state index contributed by atoms with van der Waals surface area (Å²) in [4.78, 5) is 28.9. The summed E-state index contributed by atoms with van der Waals surface area (Å²) >= 11 is 0. The van der Waals surface area contributed by atoms with E-state index in [9.17, 15) is 40.2 Å². The van der Waals surface area contributed by atoms with Crippen molar-refractivity contribution in [2.45, 2.75) is 56.1 Å². The quantitative estimate of drug-likeness (QED) is 0.112. The van der Waals surface area contributed by atoms with Crippen LogP contribution < -0.4 is 20.5 Å². The number of hydrogen-bond donors (Lipinski definition) is 8. The number of aliphatic carboxylic acids is 1. The molecule has 1 fully saturated rings. The number of nitrogens with two attached hydrogens (primary N) is 1. The highest BCUT2D eigenvalue weighted by molar-refractivity contribution is 6.03. The summed E-state index contributed by atoms with van der Waals surface area (Å²) in [7, 11) is 0. The molecule has 0 bridgehead atoms. The highest BCUT2D eigenvalue weighted by atomic mass is 16.7. The van der Waals surface area contributed by atoms with Crippen molar-refractivity contribution in [2.24, 2.45) is 22.6 Å². The van der Waals surface area contributed by atoms with Crippen LogP contribution in [0.25, 0.3) is 17.4 Å². The van der Waals surface area contributed by atoms with Crippen LogP contribution in [0.15, 0.2) is 95.5 Å². The fraction of sp³-hybridized carbons (Fsp3) is 0.341. The minimum atomic E-state index is -2.37. The summed E-state index contributed by atoms with van der Waals surface area (Å²) in [5.74, 6) is -2.73. The third-order valence-corrected chi connectivity index (χ3v) is 10.2.